The summed E-state index contributed by atoms with van der Waals surface area (Å²) in [5, 5.41) is 0. The number of nitrogens with one attached hydrogen (secondary N) is 2. The zero-order valence-corrected chi connectivity index (χ0v) is 33.7. The quantitative estimate of drug-likeness (QED) is 0.0513. The van der Waals surface area contributed by atoms with Gasteiger partial charge in [-0.25, -0.2) is 9.97 Å². The number of benzene rings is 4. The number of nitrogens with zero attached hydrogens (tertiary/aromatic N) is 2. The number of aromatic amines is 2. The maximum absolute atomic E-state index is 13.6. The SMILES string of the molecule is FC(F)(F)Cc1cccc(C(c2cccc(CC(F)(F)F)c2)C(BCCCBC(c2ncc[nH]2)C(c2cccc(CC(F)(F)F)c2)c2cccc(CC(F)(F)F)c2)c2ncc[nH]2)c1. The third-order valence-corrected chi connectivity index (χ3v) is 10.9. The van der Waals surface area contributed by atoms with Crippen molar-refractivity contribution in [1.82, 2.24) is 19.9 Å². The molecular weight excluding hydrogens is 846 g/mol. The molecule has 6 rings (SSSR count). The molecule has 0 radical (unpaired) electrons. The summed E-state index contributed by atoms with van der Waals surface area (Å²) in [6.45, 7) is 0. The first-order valence-corrected chi connectivity index (χ1v) is 20.3. The van der Waals surface area contributed by atoms with Crippen molar-refractivity contribution in [3.8, 4) is 0 Å². The van der Waals surface area contributed by atoms with Gasteiger partial charge < -0.3 is 9.97 Å². The highest BCUT2D eigenvalue weighted by atomic mass is 19.4. The van der Waals surface area contributed by atoms with Crippen LogP contribution in [0.1, 0.15) is 86.0 Å². The van der Waals surface area contributed by atoms with E-state index in [0.717, 1.165) is 0 Å². The summed E-state index contributed by atoms with van der Waals surface area (Å²) < 4.78 is 163. The first kappa shape index (κ1) is 47.1. The molecule has 2 atom stereocenters. The Bertz CT molecular complexity index is 2060. The molecule has 4 aromatic carbocycles. The number of alkyl halides is 12. The minimum Gasteiger partial charge on any atom is -0.349 e. The molecule has 332 valence electrons. The Morgan fingerprint density at radius 1 is 0.429 bits per heavy atom. The van der Waals surface area contributed by atoms with Crippen LogP contribution in [0.2, 0.25) is 12.6 Å². The zero-order chi connectivity index (χ0) is 45.4. The molecule has 0 bridgehead atoms. The van der Waals surface area contributed by atoms with Crippen molar-refractivity contribution < 1.29 is 52.7 Å². The van der Waals surface area contributed by atoms with Crippen LogP contribution in [0.5, 0.6) is 0 Å². The molecule has 63 heavy (non-hydrogen) atoms. The molecule has 2 aromatic heterocycles. The summed E-state index contributed by atoms with van der Waals surface area (Å²) in [4.78, 5) is 15.2. The summed E-state index contributed by atoms with van der Waals surface area (Å²) in [5.41, 5.74) is 1.79. The third-order valence-electron chi connectivity index (χ3n) is 10.9. The molecular formula is C45H42B2F12N4. The van der Waals surface area contributed by atoms with E-state index in [1.165, 1.54) is 85.2 Å². The predicted octanol–water partition coefficient (Wildman–Crippen LogP) is 12.1. The van der Waals surface area contributed by atoms with Crippen molar-refractivity contribution in [2.75, 3.05) is 0 Å². The molecule has 2 unspecified atom stereocenters. The monoisotopic (exact) mass is 888 g/mol. The molecule has 4 nitrogen and oxygen atoms in total. The van der Waals surface area contributed by atoms with Gasteiger partial charge in [0.05, 0.1) is 25.7 Å². The fourth-order valence-electron chi connectivity index (χ4n) is 8.61. The Kier molecular flexibility index (Phi) is 14.9. The minimum absolute atomic E-state index is 0.0129. The maximum Gasteiger partial charge on any atom is 0.393 e. The molecule has 6 aromatic rings. The van der Waals surface area contributed by atoms with E-state index in [1.54, 1.807) is 36.7 Å². The number of aromatic nitrogens is 4. The highest BCUT2D eigenvalue weighted by Gasteiger charge is 2.35. The van der Waals surface area contributed by atoms with E-state index < -0.39 is 73.9 Å². The number of halogens is 12. The average molecular weight is 888 g/mol. The topological polar surface area (TPSA) is 57.4 Å². The Morgan fingerprint density at radius 3 is 0.952 bits per heavy atom. The van der Waals surface area contributed by atoms with E-state index in [0.29, 0.717) is 67.5 Å². The first-order chi connectivity index (χ1) is 29.7. The fourth-order valence-corrected chi connectivity index (χ4v) is 8.61. The van der Waals surface area contributed by atoms with E-state index in [9.17, 15) is 52.7 Å². The smallest absolute Gasteiger partial charge is 0.349 e. The van der Waals surface area contributed by atoms with Crippen molar-refractivity contribution in [3.63, 3.8) is 0 Å². The lowest BCUT2D eigenvalue weighted by Crippen LogP contribution is -2.23. The van der Waals surface area contributed by atoms with Crippen molar-refractivity contribution in [1.29, 1.82) is 0 Å². The van der Waals surface area contributed by atoms with E-state index in [2.05, 4.69) is 19.9 Å². The van der Waals surface area contributed by atoms with Crippen LogP contribution < -0.4 is 0 Å². The molecule has 0 aliphatic rings. The van der Waals surface area contributed by atoms with Gasteiger partial charge in [-0.1, -0.05) is 116 Å². The van der Waals surface area contributed by atoms with Gasteiger partial charge in [0.2, 0.25) is 0 Å². The van der Waals surface area contributed by atoms with Crippen LogP contribution in [0.15, 0.2) is 122 Å². The van der Waals surface area contributed by atoms with Crippen LogP contribution in [0.4, 0.5) is 52.7 Å². The normalized spacial score (nSPS) is 13.7. The highest BCUT2D eigenvalue weighted by molar-refractivity contribution is 6.40. The first-order valence-electron chi connectivity index (χ1n) is 20.3. The van der Waals surface area contributed by atoms with Gasteiger partial charge >= 0.3 is 24.7 Å². The van der Waals surface area contributed by atoms with Gasteiger partial charge in [-0.05, 0) is 44.5 Å². The van der Waals surface area contributed by atoms with Gasteiger partial charge in [0, 0.05) is 48.3 Å². The molecule has 2 N–H and O–H groups in total. The van der Waals surface area contributed by atoms with Gasteiger partial charge in [-0.3, -0.25) is 0 Å². The summed E-state index contributed by atoms with van der Waals surface area (Å²) >= 11 is 0. The Hall–Kier alpha value is -5.41. The molecule has 0 spiro atoms. The molecule has 2 heterocycles. The number of hydrogen-bond acceptors (Lipinski definition) is 2. The largest absolute Gasteiger partial charge is 0.393 e. The molecule has 0 amide bonds. The summed E-state index contributed by atoms with van der Waals surface area (Å²) in [6, 6.07) is 23.6. The molecule has 0 aliphatic heterocycles. The second-order valence-corrected chi connectivity index (χ2v) is 15.9. The summed E-state index contributed by atoms with van der Waals surface area (Å²) in [7, 11) is 0.776. The van der Waals surface area contributed by atoms with Gasteiger partial charge in [-0.15, -0.1) is 0 Å². The van der Waals surface area contributed by atoms with Crippen molar-refractivity contribution >= 4 is 14.6 Å². The van der Waals surface area contributed by atoms with Crippen LogP contribution >= 0.6 is 0 Å². The van der Waals surface area contributed by atoms with Crippen LogP contribution in [-0.2, 0) is 25.7 Å². The number of imidazole rings is 2. The minimum atomic E-state index is -4.51. The molecule has 0 fully saturated rings. The van der Waals surface area contributed by atoms with Crippen molar-refractivity contribution in [3.05, 3.63) is 178 Å². The van der Waals surface area contributed by atoms with Gasteiger partial charge in [0.25, 0.3) is 0 Å². The molecule has 0 saturated carbocycles. The predicted molar refractivity (Wildman–Crippen MR) is 220 cm³/mol. The second-order valence-electron chi connectivity index (χ2n) is 15.9. The second kappa shape index (κ2) is 20.0. The van der Waals surface area contributed by atoms with Crippen LogP contribution in [-0.4, -0.2) is 59.2 Å². The Balaban J connectivity index is 1.31. The highest BCUT2D eigenvalue weighted by Crippen LogP contribution is 2.42. The Labute approximate surface area is 357 Å². The third kappa shape index (κ3) is 14.3. The number of hydrogen-bond donors (Lipinski definition) is 2. The molecule has 0 saturated heterocycles. The van der Waals surface area contributed by atoms with E-state index in [4.69, 9.17) is 0 Å². The Morgan fingerprint density at radius 2 is 0.714 bits per heavy atom. The van der Waals surface area contributed by atoms with Crippen LogP contribution in [0.25, 0.3) is 0 Å². The van der Waals surface area contributed by atoms with Crippen molar-refractivity contribution in [2.24, 2.45) is 0 Å². The number of H-pyrrole nitrogens is 2. The zero-order valence-electron chi connectivity index (χ0n) is 33.7. The average Bonchev–Trinajstić information content (AvgIpc) is 3.91. The maximum atomic E-state index is 13.6. The lowest BCUT2D eigenvalue weighted by Gasteiger charge is -2.29. The van der Waals surface area contributed by atoms with Gasteiger partial charge in [0.15, 0.2) is 0 Å². The van der Waals surface area contributed by atoms with Gasteiger partial charge in [-0.2, -0.15) is 52.7 Å². The van der Waals surface area contributed by atoms with Crippen LogP contribution in [0.3, 0.4) is 0 Å². The van der Waals surface area contributed by atoms with E-state index >= 15 is 0 Å². The summed E-state index contributed by atoms with van der Waals surface area (Å²) in [5.74, 6) is -1.55. The lowest BCUT2D eigenvalue weighted by atomic mass is 9.50. The molecule has 0 aliphatic carbocycles. The lowest BCUT2D eigenvalue weighted by molar-refractivity contribution is -0.128. The summed E-state index contributed by atoms with van der Waals surface area (Å²) in [6.07, 6.45) is -15.1. The van der Waals surface area contributed by atoms with E-state index in [-0.39, 0.29) is 22.3 Å². The van der Waals surface area contributed by atoms with Crippen LogP contribution in [0, 0.1) is 0 Å². The standard InChI is InChI=1S/C45H42B2F12N4/c48-42(49,50)24-28-6-1-10-32(20-28)36(33-11-2-7-29(21-33)25-43(51,52)53)38(40-60-16-17-61-40)46-14-5-15-47-39(41-62-18-19-63-41)37(34-12-3-8-30(22-34)26-44(54,55)56)35-13-4-9-31(23-35)27-45(57,58)59/h1-4,6-13,16-23,36-39,46-47H,5,14-15,24-27H2,(H,60,61)(H,62,63). The number of rotatable bonds is 18. The fraction of sp³-hybridized carbons (Fsp3) is 0.333. The molecule has 18 heteroatoms. The van der Waals surface area contributed by atoms with Crippen molar-refractivity contribution in [2.45, 2.75) is 92.9 Å². The van der Waals surface area contributed by atoms with Gasteiger partial charge in [0.1, 0.15) is 26.2 Å². The van der Waals surface area contributed by atoms with E-state index in [1.807, 2.05) is 0 Å².